The van der Waals surface area contributed by atoms with E-state index < -0.39 is 9.84 Å². The summed E-state index contributed by atoms with van der Waals surface area (Å²) in [6.45, 7) is 2.05. The van der Waals surface area contributed by atoms with Gasteiger partial charge in [-0.1, -0.05) is 6.07 Å². The highest BCUT2D eigenvalue weighted by atomic mass is 32.2. The van der Waals surface area contributed by atoms with Crippen LogP contribution >= 0.6 is 0 Å². The number of benzene rings is 1. The first-order valence-electron chi connectivity index (χ1n) is 6.89. The van der Waals surface area contributed by atoms with Gasteiger partial charge in [0, 0.05) is 30.6 Å². The third-order valence-corrected chi connectivity index (χ3v) is 4.45. The number of carbonyl (C=O) groups is 1. The molecule has 0 spiro atoms. The largest absolute Gasteiger partial charge is 0.481 e. The van der Waals surface area contributed by atoms with Gasteiger partial charge in [0.1, 0.15) is 0 Å². The molecule has 0 atom stereocenters. The van der Waals surface area contributed by atoms with Gasteiger partial charge in [-0.15, -0.1) is 0 Å². The minimum absolute atomic E-state index is 0.124. The quantitative estimate of drug-likeness (QED) is 0.900. The molecule has 122 valence electrons. The lowest BCUT2D eigenvalue weighted by atomic mass is 10.1. The molecule has 23 heavy (non-hydrogen) atoms. The Labute approximate surface area is 135 Å². The molecule has 0 fully saturated rings. The van der Waals surface area contributed by atoms with Gasteiger partial charge in [-0.3, -0.25) is 4.79 Å². The molecule has 1 N–H and O–H groups in total. The summed E-state index contributed by atoms with van der Waals surface area (Å²) in [7, 11) is -1.84. The second-order valence-electron chi connectivity index (χ2n) is 5.14. The second kappa shape index (κ2) is 6.78. The Morgan fingerprint density at radius 3 is 2.65 bits per heavy atom. The second-order valence-corrected chi connectivity index (χ2v) is 7.15. The van der Waals surface area contributed by atoms with Crippen LogP contribution < -0.4 is 10.1 Å². The van der Waals surface area contributed by atoms with E-state index in [-0.39, 0.29) is 10.8 Å². The maximum absolute atomic E-state index is 12.3. The topological polar surface area (TPSA) is 85.4 Å². The lowest BCUT2D eigenvalue weighted by molar-refractivity contribution is 0.0950. The zero-order valence-corrected chi connectivity index (χ0v) is 14.0. The molecular weight excluding hydrogens is 316 g/mol. The summed E-state index contributed by atoms with van der Waals surface area (Å²) in [6, 6.07) is 8.01. The number of hydrogen-bond acceptors (Lipinski definition) is 5. The van der Waals surface area contributed by atoms with E-state index in [1.807, 2.05) is 0 Å². The van der Waals surface area contributed by atoms with Gasteiger partial charge >= 0.3 is 0 Å². The first-order chi connectivity index (χ1) is 10.8. The molecule has 7 heteroatoms. The van der Waals surface area contributed by atoms with Crippen LogP contribution in [-0.2, 0) is 16.4 Å². The molecule has 2 rings (SSSR count). The van der Waals surface area contributed by atoms with E-state index in [1.165, 1.54) is 19.2 Å². The molecule has 1 amide bonds. The van der Waals surface area contributed by atoms with Gasteiger partial charge in [0.25, 0.3) is 5.91 Å². The van der Waals surface area contributed by atoms with Crippen molar-refractivity contribution in [2.75, 3.05) is 13.4 Å². The van der Waals surface area contributed by atoms with Gasteiger partial charge in [-0.2, -0.15) is 0 Å². The van der Waals surface area contributed by atoms with E-state index in [2.05, 4.69) is 10.3 Å². The van der Waals surface area contributed by atoms with Crippen molar-refractivity contribution in [1.82, 2.24) is 10.3 Å². The highest BCUT2D eigenvalue weighted by Crippen LogP contribution is 2.16. The molecule has 0 unspecified atom stereocenters. The summed E-state index contributed by atoms with van der Waals surface area (Å²) in [5, 5.41) is 2.77. The molecule has 2 aromatic rings. The summed E-state index contributed by atoms with van der Waals surface area (Å²) in [5.41, 5.74) is 1.89. The third kappa shape index (κ3) is 4.29. The van der Waals surface area contributed by atoms with Crippen molar-refractivity contribution in [3.05, 3.63) is 53.2 Å². The molecule has 0 saturated heterocycles. The standard InChI is InChI=1S/C16H18N2O4S/c1-11-4-5-13(23(3,20)21)9-14(11)16(19)18-10-12-6-7-17-15(8-12)22-2/h4-9H,10H2,1-3H3,(H,18,19). The SMILES string of the molecule is COc1cc(CNC(=O)c2cc(S(C)(=O)=O)ccc2C)ccn1. The zero-order valence-electron chi connectivity index (χ0n) is 13.2. The lowest BCUT2D eigenvalue weighted by Gasteiger charge is -2.10. The Morgan fingerprint density at radius 1 is 1.26 bits per heavy atom. The van der Waals surface area contributed by atoms with Crippen molar-refractivity contribution < 1.29 is 17.9 Å². The summed E-state index contributed by atoms with van der Waals surface area (Å²) in [6.07, 6.45) is 2.71. The highest BCUT2D eigenvalue weighted by Gasteiger charge is 2.14. The Balaban J connectivity index is 2.17. The number of aryl methyl sites for hydroxylation is 1. The minimum Gasteiger partial charge on any atom is -0.481 e. The molecule has 1 aromatic carbocycles. The lowest BCUT2D eigenvalue weighted by Crippen LogP contribution is -2.24. The van der Waals surface area contributed by atoms with Crippen LogP contribution in [0.3, 0.4) is 0 Å². The number of ether oxygens (including phenoxy) is 1. The average Bonchev–Trinajstić information content (AvgIpc) is 2.52. The van der Waals surface area contributed by atoms with E-state index in [4.69, 9.17) is 4.74 Å². The van der Waals surface area contributed by atoms with Crippen LogP contribution in [0.15, 0.2) is 41.4 Å². The number of hydrogen-bond donors (Lipinski definition) is 1. The van der Waals surface area contributed by atoms with Crippen molar-refractivity contribution in [3.8, 4) is 5.88 Å². The molecule has 0 bridgehead atoms. The highest BCUT2D eigenvalue weighted by molar-refractivity contribution is 7.90. The number of nitrogens with one attached hydrogen (secondary N) is 1. The first kappa shape index (κ1) is 17.0. The molecule has 0 radical (unpaired) electrons. The third-order valence-electron chi connectivity index (χ3n) is 3.34. The molecule has 0 aliphatic heterocycles. The van der Waals surface area contributed by atoms with E-state index in [0.717, 1.165) is 11.8 Å². The monoisotopic (exact) mass is 334 g/mol. The van der Waals surface area contributed by atoms with Gasteiger partial charge in [0.15, 0.2) is 9.84 Å². The average molecular weight is 334 g/mol. The van der Waals surface area contributed by atoms with Crippen LogP contribution in [0.2, 0.25) is 0 Å². The van der Waals surface area contributed by atoms with Crippen molar-refractivity contribution >= 4 is 15.7 Å². The normalized spacial score (nSPS) is 11.1. The smallest absolute Gasteiger partial charge is 0.251 e. The van der Waals surface area contributed by atoms with Gasteiger partial charge in [0.2, 0.25) is 5.88 Å². The molecule has 1 aromatic heterocycles. The van der Waals surface area contributed by atoms with Gasteiger partial charge < -0.3 is 10.1 Å². The summed E-state index contributed by atoms with van der Waals surface area (Å²) >= 11 is 0. The van der Waals surface area contributed by atoms with E-state index in [9.17, 15) is 13.2 Å². The number of methoxy groups -OCH3 is 1. The Bertz CT molecular complexity index is 832. The molecule has 0 aliphatic carbocycles. The molecule has 6 nitrogen and oxygen atoms in total. The number of nitrogens with zero attached hydrogens (tertiary/aromatic N) is 1. The minimum atomic E-state index is -3.36. The number of sulfone groups is 1. The fraction of sp³-hybridized carbons (Fsp3) is 0.250. The Morgan fingerprint density at radius 2 is 2.00 bits per heavy atom. The molecule has 0 saturated carbocycles. The fourth-order valence-corrected chi connectivity index (χ4v) is 2.67. The maximum Gasteiger partial charge on any atom is 0.251 e. The van der Waals surface area contributed by atoms with E-state index in [0.29, 0.717) is 23.6 Å². The number of carbonyl (C=O) groups excluding carboxylic acids is 1. The van der Waals surface area contributed by atoms with Crippen LogP contribution in [0.1, 0.15) is 21.5 Å². The summed E-state index contributed by atoms with van der Waals surface area (Å²) in [4.78, 5) is 16.4. The Hall–Kier alpha value is -2.41. The maximum atomic E-state index is 12.3. The van der Waals surface area contributed by atoms with E-state index >= 15 is 0 Å². The number of aromatic nitrogens is 1. The van der Waals surface area contributed by atoms with Crippen LogP contribution in [0.5, 0.6) is 5.88 Å². The number of pyridine rings is 1. The number of amides is 1. The van der Waals surface area contributed by atoms with Crippen LogP contribution in [0.4, 0.5) is 0 Å². The summed E-state index contributed by atoms with van der Waals surface area (Å²) in [5.74, 6) is 0.135. The van der Waals surface area contributed by atoms with Gasteiger partial charge in [-0.25, -0.2) is 13.4 Å². The van der Waals surface area contributed by atoms with Crippen molar-refractivity contribution in [3.63, 3.8) is 0 Å². The van der Waals surface area contributed by atoms with Gasteiger partial charge in [0.05, 0.1) is 12.0 Å². The Kier molecular flexibility index (Phi) is 5.00. The predicted octanol–water partition coefficient (Wildman–Crippen LogP) is 1.73. The van der Waals surface area contributed by atoms with Crippen molar-refractivity contribution in [2.45, 2.75) is 18.4 Å². The van der Waals surface area contributed by atoms with E-state index in [1.54, 1.807) is 31.3 Å². The summed E-state index contributed by atoms with van der Waals surface area (Å²) < 4.78 is 28.3. The van der Waals surface area contributed by atoms with Crippen LogP contribution in [0.25, 0.3) is 0 Å². The van der Waals surface area contributed by atoms with Crippen LogP contribution in [0, 0.1) is 6.92 Å². The predicted molar refractivity (Wildman–Crippen MR) is 86.2 cm³/mol. The van der Waals surface area contributed by atoms with Gasteiger partial charge in [-0.05, 0) is 36.2 Å². The zero-order chi connectivity index (χ0) is 17.0. The van der Waals surface area contributed by atoms with Crippen LogP contribution in [-0.4, -0.2) is 32.7 Å². The molecular formula is C16H18N2O4S. The van der Waals surface area contributed by atoms with Crippen molar-refractivity contribution in [2.24, 2.45) is 0 Å². The molecule has 1 heterocycles. The first-order valence-corrected chi connectivity index (χ1v) is 8.78. The number of rotatable bonds is 5. The van der Waals surface area contributed by atoms with Crippen molar-refractivity contribution in [1.29, 1.82) is 0 Å². The molecule has 0 aliphatic rings. The fourth-order valence-electron chi connectivity index (χ4n) is 2.03.